The van der Waals surface area contributed by atoms with E-state index in [1.54, 1.807) is 11.6 Å². The van der Waals surface area contributed by atoms with E-state index in [0.29, 0.717) is 18.9 Å². The molecule has 9 heteroatoms. The van der Waals surface area contributed by atoms with Crippen LogP contribution in [0.5, 0.6) is 0 Å². The molecule has 0 bridgehead atoms. The molecule has 0 saturated carbocycles. The van der Waals surface area contributed by atoms with Crippen LogP contribution in [0.3, 0.4) is 0 Å². The maximum atomic E-state index is 6.09. The zero-order valence-electron chi connectivity index (χ0n) is 15.7. The van der Waals surface area contributed by atoms with Gasteiger partial charge < -0.3 is 14.8 Å². The fourth-order valence-corrected chi connectivity index (χ4v) is 3.57. The molecule has 0 spiro atoms. The van der Waals surface area contributed by atoms with Gasteiger partial charge in [0.2, 0.25) is 0 Å². The van der Waals surface area contributed by atoms with E-state index < -0.39 is 0 Å². The first kappa shape index (κ1) is 19.1. The number of ether oxygens (including phenoxy) is 2. The Morgan fingerprint density at radius 3 is 2.79 bits per heavy atom. The lowest BCUT2D eigenvalue weighted by Crippen LogP contribution is -2.41. The Bertz CT molecular complexity index is 910. The van der Waals surface area contributed by atoms with E-state index in [2.05, 4.69) is 37.4 Å². The van der Waals surface area contributed by atoms with Gasteiger partial charge in [-0.15, -0.1) is 0 Å². The molecule has 1 aromatic carbocycles. The smallest absolute Gasteiger partial charge is 0.254 e. The van der Waals surface area contributed by atoms with Gasteiger partial charge in [0.1, 0.15) is 12.1 Å². The van der Waals surface area contributed by atoms with Crippen LogP contribution in [0.2, 0.25) is 5.02 Å². The van der Waals surface area contributed by atoms with Gasteiger partial charge in [-0.2, -0.15) is 14.6 Å². The summed E-state index contributed by atoms with van der Waals surface area (Å²) in [7, 11) is 1.65. The molecule has 0 amide bonds. The van der Waals surface area contributed by atoms with Gasteiger partial charge in [0.15, 0.2) is 0 Å². The summed E-state index contributed by atoms with van der Waals surface area (Å²) in [5.74, 6) is 1.38. The van der Waals surface area contributed by atoms with Crippen molar-refractivity contribution in [2.75, 3.05) is 45.3 Å². The molecule has 0 aliphatic carbocycles. The topological polar surface area (TPSA) is 76.8 Å². The van der Waals surface area contributed by atoms with Crippen LogP contribution in [0, 0.1) is 0 Å². The number of hydrogen-bond acceptors (Lipinski definition) is 7. The van der Waals surface area contributed by atoms with Gasteiger partial charge in [0.05, 0.1) is 31.6 Å². The number of nitrogens with one attached hydrogen (secondary N) is 1. The van der Waals surface area contributed by atoms with E-state index in [4.69, 9.17) is 21.1 Å². The van der Waals surface area contributed by atoms with Gasteiger partial charge in [0.25, 0.3) is 5.78 Å². The third kappa shape index (κ3) is 4.25. The average Bonchev–Trinajstić information content (AvgIpc) is 3.19. The number of nitrogens with zero attached hydrogens (tertiary/aromatic N) is 5. The second kappa shape index (κ2) is 8.83. The maximum Gasteiger partial charge on any atom is 0.254 e. The predicted molar refractivity (Wildman–Crippen MR) is 107 cm³/mol. The number of morpholine rings is 1. The molecule has 3 heterocycles. The number of hydrogen-bond donors (Lipinski definition) is 1. The first-order valence-electron chi connectivity index (χ1n) is 9.24. The van der Waals surface area contributed by atoms with E-state index in [1.165, 1.54) is 11.9 Å². The Labute approximate surface area is 168 Å². The van der Waals surface area contributed by atoms with Crippen LogP contribution in [0.4, 0.5) is 5.82 Å². The summed E-state index contributed by atoms with van der Waals surface area (Å²) >= 11 is 6.09. The summed E-state index contributed by atoms with van der Waals surface area (Å²) < 4.78 is 12.5. The van der Waals surface area contributed by atoms with Crippen LogP contribution in [0.15, 0.2) is 36.7 Å². The normalized spacial score (nSPS) is 16.4. The minimum Gasteiger partial charge on any atom is -0.379 e. The van der Waals surface area contributed by atoms with Gasteiger partial charge in [-0.1, -0.05) is 23.7 Å². The van der Waals surface area contributed by atoms with Crippen molar-refractivity contribution in [3.05, 3.63) is 52.9 Å². The van der Waals surface area contributed by atoms with Crippen molar-refractivity contribution in [2.24, 2.45) is 0 Å². The second-order valence-electron chi connectivity index (χ2n) is 6.63. The molecule has 1 unspecified atom stereocenters. The van der Waals surface area contributed by atoms with Crippen molar-refractivity contribution >= 4 is 23.2 Å². The number of rotatable bonds is 7. The summed E-state index contributed by atoms with van der Waals surface area (Å²) in [5.41, 5.74) is 2.01. The number of halogens is 1. The van der Waals surface area contributed by atoms with Crippen LogP contribution < -0.4 is 5.32 Å². The lowest BCUT2D eigenvalue weighted by atomic mass is 10.0. The number of aromatic nitrogens is 4. The SMILES string of the molecule is COCc1cc(NCC(c2ccc(Cl)cc2)N2CCOCC2)n2ncnc2n1. The summed E-state index contributed by atoms with van der Waals surface area (Å²) in [6, 6.07) is 10.2. The van der Waals surface area contributed by atoms with Crippen LogP contribution >= 0.6 is 11.6 Å². The number of fused-ring (bicyclic) bond motifs is 1. The van der Waals surface area contributed by atoms with Gasteiger partial charge in [0, 0.05) is 37.8 Å². The molecular weight excluding hydrogens is 380 g/mol. The molecule has 28 heavy (non-hydrogen) atoms. The minimum atomic E-state index is 0.179. The molecule has 8 nitrogen and oxygen atoms in total. The Balaban J connectivity index is 1.59. The van der Waals surface area contributed by atoms with Gasteiger partial charge >= 0.3 is 0 Å². The Morgan fingerprint density at radius 2 is 2.04 bits per heavy atom. The van der Waals surface area contributed by atoms with E-state index in [1.807, 2.05) is 18.2 Å². The molecule has 148 valence electrons. The molecule has 1 atom stereocenters. The highest BCUT2D eigenvalue weighted by molar-refractivity contribution is 6.30. The van der Waals surface area contributed by atoms with Gasteiger partial charge in [-0.25, -0.2) is 4.98 Å². The molecular formula is C19H23ClN6O2. The molecule has 1 saturated heterocycles. The van der Waals surface area contributed by atoms with Crippen molar-refractivity contribution in [1.29, 1.82) is 0 Å². The summed E-state index contributed by atoms with van der Waals surface area (Å²) in [4.78, 5) is 11.1. The molecule has 4 rings (SSSR count). The molecule has 3 aromatic rings. The quantitative estimate of drug-likeness (QED) is 0.650. The highest BCUT2D eigenvalue weighted by atomic mass is 35.5. The van der Waals surface area contributed by atoms with Gasteiger partial charge in [-0.05, 0) is 17.7 Å². The van der Waals surface area contributed by atoms with Crippen LogP contribution in [-0.4, -0.2) is 64.4 Å². The zero-order valence-corrected chi connectivity index (χ0v) is 16.5. The van der Waals surface area contributed by atoms with Crippen LogP contribution in [0.25, 0.3) is 5.78 Å². The van der Waals surface area contributed by atoms with Gasteiger partial charge in [-0.3, -0.25) is 4.90 Å². The fraction of sp³-hybridized carbons (Fsp3) is 0.421. The van der Waals surface area contributed by atoms with Crippen molar-refractivity contribution in [1.82, 2.24) is 24.5 Å². The van der Waals surface area contributed by atoms with E-state index >= 15 is 0 Å². The lowest BCUT2D eigenvalue weighted by Gasteiger charge is -2.35. The molecule has 1 aliphatic rings. The lowest BCUT2D eigenvalue weighted by molar-refractivity contribution is 0.0187. The third-order valence-electron chi connectivity index (χ3n) is 4.81. The van der Waals surface area contributed by atoms with E-state index in [0.717, 1.165) is 42.8 Å². The highest BCUT2D eigenvalue weighted by Crippen LogP contribution is 2.24. The number of methoxy groups -OCH3 is 1. The first-order chi connectivity index (χ1) is 13.7. The van der Waals surface area contributed by atoms with Crippen LogP contribution in [-0.2, 0) is 16.1 Å². The maximum absolute atomic E-state index is 6.09. The number of benzene rings is 1. The average molecular weight is 403 g/mol. The summed E-state index contributed by atoms with van der Waals surface area (Å²) in [6.45, 7) is 4.38. The van der Waals surface area contributed by atoms with Crippen LogP contribution in [0.1, 0.15) is 17.3 Å². The zero-order chi connectivity index (χ0) is 19.3. The largest absolute Gasteiger partial charge is 0.379 e. The van der Waals surface area contributed by atoms with Crippen molar-refractivity contribution in [3.8, 4) is 0 Å². The molecule has 0 radical (unpaired) electrons. The fourth-order valence-electron chi connectivity index (χ4n) is 3.44. The molecule has 1 aliphatic heterocycles. The standard InChI is InChI=1S/C19H23ClN6O2/c1-27-12-16-10-18(26-19(24-16)22-13-23-26)21-11-17(25-6-8-28-9-7-25)14-2-4-15(20)5-3-14/h2-5,10,13,17,21H,6-9,11-12H2,1H3. The van der Waals surface area contributed by atoms with Crippen molar-refractivity contribution < 1.29 is 9.47 Å². The first-order valence-corrected chi connectivity index (χ1v) is 9.62. The predicted octanol–water partition coefficient (Wildman–Crippen LogP) is 2.41. The molecule has 1 N–H and O–H groups in total. The number of anilines is 1. The Hall–Kier alpha value is -2.26. The van der Waals surface area contributed by atoms with E-state index in [-0.39, 0.29) is 6.04 Å². The minimum absolute atomic E-state index is 0.179. The highest BCUT2D eigenvalue weighted by Gasteiger charge is 2.23. The summed E-state index contributed by atoms with van der Waals surface area (Å²) in [6.07, 6.45) is 1.50. The molecule has 2 aromatic heterocycles. The molecule has 1 fully saturated rings. The Morgan fingerprint density at radius 1 is 1.25 bits per heavy atom. The van der Waals surface area contributed by atoms with Crippen molar-refractivity contribution in [3.63, 3.8) is 0 Å². The second-order valence-corrected chi connectivity index (χ2v) is 7.07. The monoisotopic (exact) mass is 402 g/mol. The van der Waals surface area contributed by atoms with Crippen molar-refractivity contribution in [2.45, 2.75) is 12.6 Å². The summed E-state index contributed by atoms with van der Waals surface area (Å²) in [5, 5.41) is 8.55. The van der Waals surface area contributed by atoms with E-state index in [9.17, 15) is 0 Å². The Kier molecular flexibility index (Phi) is 6.01. The third-order valence-corrected chi connectivity index (χ3v) is 5.07.